The number of hydrogen-bond acceptors (Lipinski definition) is 5. The number of ether oxygens (including phenoxy) is 1. The molecule has 0 saturated carbocycles. The summed E-state index contributed by atoms with van der Waals surface area (Å²) < 4.78 is 5.06. The number of halogens is 1. The van der Waals surface area contributed by atoms with Gasteiger partial charge in [0.05, 0.1) is 11.5 Å². The third kappa shape index (κ3) is 4.48. The summed E-state index contributed by atoms with van der Waals surface area (Å²) >= 11 is 5.64. The molecule has 6 nitrogen and oxygen atoms in total. The SMILES string of the molecule is CCCC(C)COC(=O)c1cc(Cl)ncc1[N+](=O)[O-]. The van der Waals surface area contributed by atoms with Gasteiger partial charge in [-0.25, -0.2) is 9.78 Å². The van der Waals surface area contributed by atoms with Crippen LogP contribution in [0, 0.1) is 16.0 Å². The summed E-state index contributed by atoms with van der Waals surface area (Å²) in [4.78, 5) is 25.5. The molecule has 0 aliphatic heterocycles. The van der Waals surface area contributed by atoms with Crippen molar-refractivity contribution in [3.63, 3.8) is 0 Å². The smallest absolute Gasteiger partial charge is 0.345 e. The lowest BCUT2D eigenvalue weighted by molar-refractivity contribution is -0.385. The molecule has 0 aliphatic rings. The van der Waals surface area contributed by atoms with Crippen molar-refractivity contribution in [1.29, 1.82) is 0 Å². The van der Waals surface area contributed by atoms with Gasteiger partial charge in [-0.05, 0) is 18.4 Å². The van der Waals surface area contributed by atoms with E-state index >= 15 is 0 Å². The molecular weight excluding hydrogens is 272 g/mol. The number of carbonyl (C=O) groups excluding carboxylic acids is 1. The van der Waals surface area contributed by atoms with E-state index in [0.717, 1.165) is 25.1 Å². The molecule has 1 aromatic heterocycles. The number of esters is 1. The van der Waals surface area contributed by atoms with Crippen LogP contribution in [0.15, 0.2) is 12.3 Å². The van der Waals surface area contributed by atoms with E-state index < -0.39 is 16.6 Å². The van der Waals surface area contributed by atoms with Crippen LogP contribution in [-0.2, 0) is 4.74 Å². The molecule has 0 bridgehead atoms. The lowest BCUT2D eigenvalue weighted by atomic mass is 10.1. The second-order valence-corrected chi connectivity index (χ2v) is 4.66. The van der Waals surface area contributed by atoms with E-state index in [0.29, 0.717) is 0 Å². The van der Waals surface area contributed by atoms with Crippen LogP contribution in [0.2, 0.25) is 5.15 Å². The maximum atomic E-state index is 11.8. The van der Waals surface area contributed by atoms with Crippen LogP contribution in [0.3, 0.4) is 0 Å². The summed E-state index contributed by atoms with van der Waals surface area (Å²) in [6.45, 7) is 4.21. The largest absolute Gasteiger partial charge is 0.462 e. The average molecular weight is 287 g/mol. The topological polar surface area (TPSA) is 82.3 Å². The summed E-state index contributed by atoms with van der Waals surface area (Å²) in [5, 5.41) is 10.8. The van der Waals surface area contributed by atoms with Gasteiger partial charge in [0.2, 0.25) is 0 Å². The van der Waals surface area contributed by atoms with Crippen molar-refractivity contribution < 1.29 is 14.5 Å². The molecule has 0 amide bonds. The fraction of sp³-hybridized carbons (Fsp3) is 0.500. The molecule has 0 aliphatic carbocycles. The Morgan fingerprint density at radius 3 is 2.89 bits per heavy atom. The van der Waals surface area contributed by atoms with Crippen LogP contribution in [0.4, 0.5) is 5.69 Å². The Morgan fingerprint density at radius 1 is 1.63 bits per heavy atom. The van der Waals surface area contributed by atoms with Crippen molar-refractivity contribution >= 4 is 23.3 Å². The molecule has 1 heterocycles. The van der Waals surface area contributed by atoms with Crippen LogP contribution in [0.1, 0.15) is 37.0 Å². The van der Waals surface area contributed by atoms with Gasteiger partial charge in [0.25, 0.3) is 0 Å². The molecule has 19 heavy (non-hydrogen) atoms. The minimum absolute atomic E-state index is 0.0131. The Balaban J connectivity index is 2.81. The standard InChI is InChI=1S/C12H15ClN2O4/c1-3-4-8(2)7-19-12(16)9-5-11(13)14-6-10(9)15(17)18/h5-6,8H,3-4,7H2,1-2H3. The van der Waals surface area contributed by atoms with Crippen molar-refractivity contribution in [3.05, 3.63) is 33.1 Å². The van der Waals surface area contributed by atoms with Gasteiger partial charge in [-0.2, -0.15) is 0 Å². The van der Waals surface area contributed by atoms with Crippen LogP contribution in [-0.4, -0.2) is 22.5 Å². The molecular formula is C12H15ClN2O4. The molecule has 1 rings (SSSR count). The first kappa shape index (κ1) is 15.4. The van der Waals surface area contributed by atoms with Crippen molar-refractivity contribution in [2.45, 2.75) is 26.7 Å². The zero-order valence-corrected chi connectivity index (χ0v) is 11.5. The van der Waals surface area contributed by atoms with Crippen molar-refractivity contribution in [2.75, 3.05) is 6.61 Å². The van der Waals surface area contributed by atoms with Gasteiger partial charge in [0.1, 0.15) is 16.9 Å². The first-order chi connectivity index (χ1) is 8.95. The van der Waals surface area contributed by atoms with Crippen LogP contribution in [0.25, 0.3) is 0 Å². The number of pyridine rings is 1. The van der Waals surface area contributed by atoms with Gasteiger partial charge in [0.15, 0.2) is 0 Å². The third-order valence-electron chi connectivity index (χ3n) is 2.55. The van der Waals surface area contributed by atoms with Gasteiger partial charge in [0, 0.05) is 0 Å². The molecule has 0 saturated heterocycles. The fourth-order valence-corrected chi connectivity index (χ4v) is 1.76. The minimum Gasteiger partial charge on any atom is -0.462 e. The second-order valence-electron chi connectivity index (χ2n) is 4.27. The van der Waals surface area contributed by atoms with Crippen molar-refractivity contribution in [2.24, 2.45) is 5.92 Å². The molecule has 0 fully saturated rings. The molecule has 1 aromatic rings. The lowest BCUT2D eigenvalue weighted by Gasteiger charge is -2.10. The summed E-state index contributed by atoms with van der Waals surface area (Å²) in [7, 11) is 0. The van der Waals surface area contributed by atoms with E-state index in [-0.39, 0.29) is 23.2 Å². The lowest BCUT2D eigenvalue weighted by Crippen LogP contribution is -2.13. The van der Waals surface area contributed by atoms with E-state index in [9.17, 15) is 14.9 Å². The predicted octanol–water partition coefficient (Wildman–Crippen LogP) is 3.24. The Hall–Kier alpha value is -1.69. The Bertz CT molecular complexity index is 479. The van der Waals surface area contributed by atoms with Crippen LogP contribution < -0.4 is 0 Å². The number of rotatable bonds is 6. The highest BCUT2D eigenvalue weighted by atomic mass is 35.5. The highest BCUT2D eigenvalue weighted by Gasteiger charge is 2.23. The number of hydrogen-bond donors (Lipinski definition) is 0. The van der Waals surface area contributed by atoms with Gasteiger partial charge >= 0.3 is 11.7 Å². The molecule has 0 spiro atoms. The number of nitrogens with zero attached hydrogens (tertiary/aromatic N) is 2. The molecule has 1 unspecified atom stereocenters. The number of aromatic nitrogens is 1. The first-order valence-corrected chi connectivity index (χ1v) is 6.30. The van der Waals surface area contributed by atoms with Gasteiger partial charge in [-0.3, -0.25) is 10.1 Å². The third-order valence-corrected chi connectivity index (χ3v) is 2.75. The van der Waals surface area contributed by atoms with Gasteiger partial charge < -0.3 is 4.74 Å². The molecule has 0 N–H and O–H groups in total. The van der Waals surface area contributed by atoms with Gasteiger partial charge in [-0.15, -0.1) is 0 Å². The number of nitro groups is 1. The second kappa shape index (κ2) is 7.04. The summed E-state index contributed by atoms with van der Waals surface area (Å²) in [6, 6.07) is 1.15. The number of carbonyl (C=O) groups is 1. The summed E-state index contributed by atoms with van der Waals surface area (Å²) in [6.07, 6.45) is 2.86. The molecule has 104 valence electrons. The Kier molecular flexibility index (Phi) is 5.69. The highest BCUT2D eigenvalue weighted by Crippen LogP contribution is 2.21. The first-order valence-electron chi connectivity index (χ1n) is 5.92. The van der Waals surface area contributed by atoms with E-state index in [4.69, 9.17) is 16.3 Å². The zero-order valence-electron chi connectivity index (χ0n) is 10.8. The molecule has 0 radical (unpaired) electrons. The van der Waals surface area contributed by atoms with E-state index in [1.807, 2.05) is 13.8 Å². The van der Waals surface area contributed by atoms with Crippen LogP contribution in [0.5, 0.6) is 0 Å². The van der Waals surface area contributed by atoms with E-state index in [2.05, 4.69) is 4.98 Å². The Morgan fingerprint density at radius 2 is 2.32 bits per heavy atom. The minimum atomic E-state index is -0.751. The zero-order chi connectivity index (χ0) is 14.4. The monoisotopic (exact) mass is 286 g/mol. The molecule has 1 atom stereocenters. The fourth-order valence-electron chi connectivity index (χ4n) is 1.60. The highest BCUT2D eigenvalue weighted by molar-refractivity contribution is 6.29. The molecule has 7 heteroatoms. The van der Waals surface area contributed by atoms with Crippen molar-refractivity contribution in [1.82, 2.24) is 4.98 Å². The molecule has 0 aromatic carbocycles. The average Bonchev–Trinajstić information content (AvgIpc) is 2.35. The van der Waals surface area contributed by atoms with E-state index in [1.54, 1.807) is 0 Å². The maximum absolute atomic E-state index is 11.8. The summed E-state index contributed by atoms with van der Waals surface area (Å²) in [5.41, 5.74) is -0.578. The van der Waals surface area contributed by atoms with E-state index in [1.165, 1.54) is 0 Å². The van der Waals surface area contributed by atoms with Crippen molar-refractivity contribution in [3.8, 4) is 0 Å². The quantitative estimate of drug-likeness (QED) is 0.347. The van der Waals surface area contributed by atoms with Gasteiger partial charge in [-0.1, -0.05) is 31.9 Å². The normalized spacial score (nSPS) is 11.9. The Labute approximate surface area is 115 Å². The predicted molar refractivity (Wildman–Crippen MR) is 70.3 cm³/mol. The van der Waals surface area contributed by atoms with Crippen LogP contribution >= 0.6 is 11.6 Å². The summed E-state index contributed by atoms with van der Waals surface area (Å²) in [5.74, 6) is -0.538. The maximum Gasteiger partial charge on any atom is 0.345 e.